The fourth-order valence-corrected chi connectivity index (χ4v) is 2.70. The van der Waals surface area contributed by atoms with Crippen molar-refractivity contribution in [1.29, 1.82) is 0 Å². The Hall–Kier alpha value is -1.69. The van der Waals surface area contributed by atoms with Crippen molar-refractivity contribution in [2.24, 2.45) is 0 Å². The molecule has 1 N–H and O–H groups in total. The lowest BCUT2D eigenvalue weighted by atomic mass is 10.2. The summed E-state index contributed by atoms with van der Waals surface area (Å²) in [6, 6.07) is 4.60. The third-order valence-corrected chi connectivity index (χ3v) is 3.92. The molecule has 22 heavy (non-hydrogen) atoms. The number of hydrogen-bond donors (Lipinski definition) is 1. The minimum absolute atomic E-state index is 0.192. The largest absolute Gasteiger partial charge is 0.452 e. The van der Waals surface area contributed by atoms with E-state index >= 15 is 0 Å². The number of esters is 1. The molecule has 0 bridgehead atoms. The summed E-state index contributed by atoms with van der Waals surface area (Å²) >= 11 is 3.22. The highest BCUT2D eigenvalue weighted by atomic mass is 79.9. The van der Waals surface area contributed by atoms with Crippen LogP contribution in [0.5, 0.6) is 0 Å². The van der Waals surface area contributed by atoms with Gasteiger partial charge in [-0.3, -0.25) is 4.79 Å². The molecule has 0 heterocycles. The molecule has 1 saturated carbocycles. The Labute approximate surface area is 136 Å². The van der Waals surface area contributed by atoms with Crippen molar-refractivity contribution in [1.82, 2.24) is 5.32 Å². The van der Waals surface area contributed by atoms with Crippen molar-refractivity contribution < 1.29 is 18.7 Å². The standard InChI is InChI=1S/C16H17BrFNO3/c17-12-6-7-14(18)11(9-12)5-8-16(21)22-10-15(20)19-13-3-1-2-4-13/h5-9,13H,1-4,10H2,(H,19,20)/b8-5+. The molecule has 4 nitrogen and oxygen atoms in total. The summed E-state index contributed by atoms with van der Waals surface area (Å²) in [5.41, 5.74) is 0.265. The quantitative estimate of drug-likeness (QED) is 0.640. The molecule has 1 aromatic rings. The number of benzene rings is 1. The summed E-state index contributed by atoms with van der Waals surface area (Å²) in [6.45, 7) is -0.319. The molecular formula is C16H17BrFNO3. The summed E-state index contributed by atoms with van der Waals surface area (Å²) in [5, 5.41) is 2.82. The molecule has 1 aromatic carbocycles. The predicted octanol–water partition coefficient (Wildman–Crippen LogP) is 3.20. The van der Waals surface area contributed by atoms with Gasteiger partial charge in [-0.15, -0.1) is 0 Å². The lowest BCUT2D eigenvalue weighted by Crippen LogP contribution is -2.35. The maximum absolute atomic E-state index is 13.5. The monoisotopic (exact) mass is 369 g/mol. The normalized spacial score (nSPS) is 15.2. The van der Waals surface area contributed by atoms with Gasteiger partial charge >= 0.3 is 5.97 Å². The summed E-state index contributed by atoms with van der Waals surface area (Å²) in [5.74, 6) is -1.42. The van der Waals surface area contributed by atoms with E-state index in [0.29, 0.717) is 4.47 Å². The van der Waals surface area contributed by atoms with Crippen molar-refractivity contribution in [2.75, 3.05) is 6.61 Å². The average Bonchev–Trinajstić information content (AvgIpc) is 2.99. The van der Waals surface area contributed by atoms with Crippen LogP contribution < -0.4 is 5.32 Å². The van der Waals surface area contributed by atoms with Gasteiger partial charge in [0, 0.05) is 22.2 Å². The van der Waals surface area contributed by atoms with Gasteiger partial charge in [0.05, 0.1) is 0 Å². The molecule has 6 heteroatoms. The van der Waals surface area contributed by atoms with E-state index in [9.17, 15) is 14.0 Å². The van der Waals surface area contributed by atoms with E-state index in [0.717, 1.165) is 31.8 Å². The molecule has 1 aliphatic rings. The van der Waals surface area contributed by atoms with Crippen molar-refractivity contribution >= 4 is 33.9 Å². The van der Waals surface area contributed by atoms with Gasteiger partial charge in [0.1, 0.15) is 5.82 Å². The molecule has 1 aliphatic carbocycles. The maximum atomic E-state index is 13.5. The summed E-state index contributed by atoms with van der Waals surface area (Å²) < 4.78 is 19.0. The molecular weight excluding hydrogens is 353 g/mol. The zero-order valence-corrected chi connectivity index (χ0v) is 13.6. The Morgan fingerprint density at radius 1 is 1.36 bits per heavy atom. The first-order valence-electron chi connectivity index (χ1n) is 7.14. The molecule has 0 aromatic heterocycles. The number of carbonyl (C=O) groups is 2. The van der Waals surface area contributed by atoms with Crippen LogP contribution in [0.25, 0.3) is 6.08 Å². The Morgan fingerprint density at radius 3 is 2.82 bits per heavy atom. The van der Waals surface area contributed by atoms with Crippen molar-refractivity contribution in [2.45, 2.75) is 31.7 Å². The minimum Gasteiger partial charge on any atom is -0.452 e. The smallest absolute Gasteiger partial charge is 0.331 e. The lowest BCUT2D eigenvalue weighted by molar-refractivity contribution is -0.144. The zero-order chi connectivity index (χ0) is 15.9. The third-order valence-electron chi connectivity index (χ3n) is 3.42. The summed E-state index contributed by atoms with van der Waals surface area (Å²) in [4.78, 5) is 23.1. The molecule has 0 unspecified atom stereocenters. The summed E-state index contributed by atoms with van der Waals surface area (Å²) in [7, 11) is 0. The number of rotatable bonds is 5. The van der Waals surface area contributed by atoms with Gasteiger partial charge in [0.2, 0.25) is 0 Å². The number of halogens is 2. The Kier molecular flexibility index (Phi) is 6.12. The second kappa shape index (κ2) is 8.08. The number of amides is 1. The topological polar surface area (TPSA) is 55.4 Å². The molecule has 2 rings (SSSR count). The van der Waals surface area contributed by atoms with Crippen LogP contribution in [0.15, 0.2) is 28.7 Å². The van der Waals surface area contributed by atoms with E-state index in [-0.39, 0.29) is 24.1 Å². The fourth-order valence-electron chi connectivity index (χ4n) is 2.32. The predicted molar refractivity (Wildman–Crippen MR) is 84.5 cm³/mol. The molecule has 1 amide bonds. The van der Waals surface area contributed by atoms with E-state index < -0.39 is 11.8 Å². The molecule has 118 valence electrons. The van der Waals surface area contributed by atoms with E-state index in [2.05, 4.69) is 21.2 Å². The highest BCUT2D eigenvalue weighted by Crippen LogP contribution is 2.18. The number of nitrogens with one attached hydrogen (secondary N) is 1. The van der Waals surface area contributed by atoms with Crippen LogP contribution in [0.3, 0.4) is 0 Å². The Bertz CT molecular complexity index is 583. The van der Waals surface area contributed by atoms with Crippen LogP contribution in [0.4, 0.5) is 4.39 Å². The van der Waals surface area contributed by atoms with E-state index in [1.807, 2.05) is 0 Å². The maximum Gasteiger partial charge on any atom is 0.331 e. The van der Waals surface area contributed by atoms with E-state index in [1.165, 1.54) is 12.1 Å². The van der Waals surface area contributed by atoms with E-state index in [4.69, 9.17) is 4.74 Å². The van der Waals surface area contributed by atoms with Crippen molar-refractivity contribution in [3.63, 3.8) is 0 Å². The Morgan fingerprint density at radius 2 is 2.09 bits per heavy atom. The van der Waals surface area contributed by atoms with Gasteiger partial charge in [0.25, 0.3) is 5.91 Å². The van der Waals surface area contributed by atoms with Crippen LogP contribution in [-0.2, 0) is 14.3 Å². The molecule has 0 saturated heterocycles. The average molecular weight is 370 g/mol. The minimum atomic E-state index is -0.680. The van der Waals surface area contributed by atoms with Gasteiger partial charge < -0.3 is 10.1 Å². The number of carbonyl (C=O) groups excluding carboxylic acids is 2. The fraction of sp³-hybridized carbons (Fsp3) is 0.375. The van der Waals surface area contributed by atoms with Crippen LogP contribution in [0.2, 0.25) is 0 Å². The van der Waals surface area contributed by atoms with Crippen molar-refractivity contribution in [3.8, 4) is 0 Å². The molecule has 0 aliphatic heterocycles. The first-order valence-corrected chi connectivity index (χ1v) is 7.93. The van der Waals surface area contributed by atoms with Crippen molar-refractivity contribution in [3.05, 3.63) is 40.1 Å². The third kappa shape index (κ3) is 5.26. The molecule has 0 atom stereocenters. The molecule has 0 spiro atoms. The number of ether oxygens (including phenoxy) is 1. The van der Waals surface area contributed by atoms with Gasteiger partial charge in [-0.1, -0.05) is 28.8 Å². The zero-order valence-electron chi connectivity index (χ0n) is 12.0. The molecule has 1 fully saturated rings. The SMILES string of the molecule is O=C(COC(=O)/C=C/c1cc(Br)ccc1F)NC1CCCC1. The van der Waals surface area contributed by atoms with Crippen LogP contribution in [0.1, 0.15) is 31.2 Å². The Balaban J connectivity index is 1.78. The first-order chi connectivity index (χ1) is 10.5. The second-order valence-corrected chi connectivity index (χ2v) is 6.07. The lowest BCUT2D eigenvalue weighted by Gasteiger charge is -2.11. The highest BCUT2D eigenvalue weighted by molar-refractivity contribution is 9.10. The first kappa shape index (κ1) is 16.7. The highest BCUT2D eigenvalue weighted by Gasteiger charge is 2.17. The van der Waals surface area contributed by atoms with Gasteiger partial charge in [0.15, 0.2) is 6.61 Å². The van der Waals surface area contributed by atoms with Crippen LogP contribution in [-0.4, -0.2) is 24.5 Å². The van der Waals surface area contributed by atoms with E-state index in [1.54, 1.807) is 12.1 Å². The van der Waals surface area contributed by atoms with Gasteiger partial charge in [-0.2, -0.15) is 0 Å². The van der Waals surface area contributed by atoms with Crippen LogP contribution in [0, 0.1) is 5.82 Å². The van der Waals surface area contributed by atoms with Gasteiger partial charge in [-0.25, -0.2) is 9.18 Å². The summed E-state index contributed by atoms with van der Waals surface area (Å²) in [6.07, 6.45) is 6.60. The second-order valence-electron chi connectivity index (χ2n) is 5.16. The van der Waals surface area contributed by atoms with Gasteiger partial charge in [-0.05, 0) is 37.1 Å². The number of hydrogen-bond acceptors (Lipinski definition) is 3. The molecule has 0 radical (unpaired) electrons. The van der Waals surface area contributed by atoms with Crippen LogP contribution >= 0.6 is 15.9 Å².